The molecule has 1 N–H and O–H groups in total. The highest BCUT2D eigenvalue weighted by atomic mass is 32.2. The van der Waals surface area contributed by atoms with E-state index in [1.165, 1.54) is 12.1 Å². The highest BCUT2D eigenvalue weighted by Crippen LogP contribution is 2.21. The maximum Gasteiger partial charge on any atom is 0.261 e. The molecule has 27 heavy (non-hydrogen) atoms. The Hall–Kier alpha value is -2.45. The van der Waals surface area contributed by atoms with Gasteiger partial charge in [0.05, 0.1) is 27.9 Å². The van der Waals surface area contributed by atoms with Crippen LogP contribution in [0.15, 0.2) is 53.7 Å². The summed E-state index contributed by atoms with van der Waals surface area (Å²) in [6.45, 7) is 8.01. The number of rotatable bonds is 8. The van der Waals surface area contributed by atoms with Crippen molar-refractivity contribution in [1.82, 2.24) is 14.5 Å². The molecule has 8 heteroatoms. The topological polar surface area (TPSA) is 67.2 Å². The molecule has 0 saturated carbocycles. The number of aromatic nitrogens is 2. The van der Waals surface area contributed by atoms with Crippen LogP contribution in [0.1, 0.15) is 13.8 Å². The Morgan fingerprint density at radius 3 is 2.48 bits per heavy atom. The monoisotopic (exact) mass is 390 g/mol. The average molecular weight is 390 g/mol. The van der Waals surface area contributed by atoms with Gasteiger partial charge in [-0.05, 0) is 55.6 Å². The number of benzene rings is 2. The van der Waals surface area contributed by atoms with E-state index in [0.29, 0.717) is 11.2 Å². The quantitative estimate of drug-likeness (QED) is 0.641. The van der Waals surface area contributed by atoms with Crippen LogP contribution in [0.4, 0.5) is 10.1 Å². The summed E-state index contributed by atoms with van der Waals surface area (Å²) in [4.78, 5) is 6.72. The first kappa shape index (κ1) is 19.3. The standard InChI is InChI=1S/C19H23FN4O2S/c1-3-23(4-2)11-12-24-14-21-18-13-16(7-10-19(18)24)22-27(25,26)17-8-5-15(20)6-9-17/h5-10,13-14,22H,3-4,11-12H2,1-2H3. The lowest BCUT2D eigenvalue weighted by atomic mass is 10.3. The van der Waals surface area contributed by atoms with Crippen LogP contribution in [0, 0.1) is 5.82 Å². The Labute approximate surface area is 158 Å². The Bertz CT molecular complexity index is 1010. The number of sulfonamides is 1. The molecule has 0 aliphatic heterocycles. The molecule has 0 amide bonds. The zero-order valence-electron chi connectivity index (χ0n) is 15.4. The van der Waals surface area contributed by atoms with Gasteiger partial charge >= 0.3 is 0 Å². The molecule has 3 aromatic rings. The minimum atomic E-state index is -3.78. The third-order valence-electron chi connectivity index (χ3n) is 4.55. The number of nitrogens with one attached hydrogen (secondary N) is 1. The van der Waals surface area contributed by atoms with Crippen molar-refractivity contribution in [3.05, 3.63) is 54.6 Å². The van der Waals surface area contributed by atoms with Crippen molar-refractivity contribution in [3.8, 4) is 0 Å². The summed E-state index contributed by atoms with van der Waals surface area (Å²) < 4.78 is 42.5. The second-order valence-electron chi connectivity index (χ2n) is 6.23. The van der Waals surface area contributed by atoms with Crippen molar-refractivity contribution in [1.29, 1.82) is 0 Å². The molecule has 0 saturated heterocycles. The highest BCUT2D eigenvalue weighted by molar-refractivity contribution is 7.92. The molecule has 0 aliphatic carbocycles. The number of imidazole rings is 1. The average Bonchev–Trinajstić information content (AvgIpc) is 3.05. The van der Waals surface area contributed by atoms with E-state index in [-0.39, 0.29) is 4.90 Å². The van der Waals surface area contributed by atoms with Crippen molar-refractivity contribution in [2.45, 2.75) is 25.3 Å². The van der Waals surface area contributed by atoms with Crippen LogP contribution in [-0.2, 0) is 16.6 Å². The van der Waals surface area contributed by atoms with E-state index < -0.39 is 15.8 Å². The second-order valence-corrected chi connectivity index (χ2v) is 7.91. The molecule has 0 spiro atoms. The largest absolute Gasteiger partial charge is 0.329 e. The van der Waals surface area contributed by atoms with Gasteiger partial charge in [0, 0.05) is 13.1 Å². The lowest BCUT2D eigenvalue weighted by Gasteiger charge is -2.18. The second kappa shape index (κ2) is 8.06. The van der Waals surface area contributed by atoms with Crippen LogP contribution < -0.4 is 4.72 Å². The normalized spacial score (nSPS) is 12.0. The van der Waals surface area contributed by atoms with E-state index in [1.807, 2.05) is 6.07 Å². The SMILES string of the molecule is CCN(CC)CCn1cnc2cc(NS(=O)(=O)c3ccc(F)cc3)ccc21. The Morgan fingerprint density at radius 1 is 1.11 bits per heavy atom. The molecule has 0 fully saturated rings. The molecule has 0 aliphatic rings. The highest BCUT2D eigenvalue weighted by Gasteiger charge is 2.15. The molecule has 1 aromatic heterocycles. The van der Waals surface area contributed by atoms with E-state index in [1.54, 1.807) is 18.5 Å². The summed E-state index contributed by atoms with van der Waals surface area (Å²) in [5, 5.41) is 0. The van der Waals surface area contributed by atoms with Gasteiger partial charge in [-0.15, -0.1) is 0 Å². The predicted octanol–water partition coefficient (Wildman–Crippen LogP) is 3.32. The van der Waals surface area contributed by atoms with E-state index in [2.05, 4.69) is 33.0 Å². The van der Waals surface area contributed by atoms with Crippen molar-refractivity contribution in [3.63, 3.8) is 0 Å². The fourth-order valence-electron chi connectivity index (χ4n) is 2.92. The fraction of sp³-hybridized carbons (Fsp3) is 0.316. The Balaban J connectivity index is 1.78. The third-order valence-corrected chi connectivity index (χ3v) is 5.95. The van der Waals surface area contributed by atoms with Gasteiger partial charge in [-0.2, -0.15) is 0 Å². The summed E-state index contributed by atoms with van der Waals surface area (Å²) in [7, 11) is -3.78. The summed E-state index contributed by atoms with van der Waals surface area (Å²) in [6, 6.07) is 9.97. The minimum Gasteiger partial charge on any atom is -0.329 e. The van der Waals surface area contributed by atoms with E-state index in [9.17, 15) is 12.8 Å². The number of fused-ring (bicyclic) bond motifs is 1. The van der Waals surface area contributed by atoms with Crippen molar-refractivity contribution in [2.24, 2.45) is 0 Å². The molecular formula is C19H23FN4O2S. The molecule has 0 atom stereocenters. The van der Waals surface area contributed by atoms with E-state index in [0.717, 1.165) is 43.8 Å². The number of anilines is 1. The zero-order chi connectivity index (χ0) is 19.4. The Kier molecular flexibility index (Phi) is 5.76. The number of likely N-dealkylation sites (N-methyl/N-ethyl adjacent to an activating group) is 1. The molecule has 3 rings (SSSR count). The van der Waals surface area contributed by atoms with Gasteiger partial charge < -0.3 is 9.47 Å². The van der Waals surface area contributed by atoms with Gasteiger partial charge in [0.2, 0.25) is 0 Å². The molecule has 0 radical (unpaired) electrons. The predicted molar refractivity (Wildman–Crippen MR) is 105 cm³/mol. The summed E-state index contributed by atoms with van der Waals surface area (Å²) in [6.07, 6.45) is 1.77. The fourth-order valence-corrected chi connectivity index (χ4v) is 3.97. The number of nitrogens with zero attached hydrogens (tertiary/aromatic N) is 3. The lowest BCUT2D eigenvalue weighted by molar-refractivity contribution is 0.292. The zero-order valence-corrected chi connectivity index (χ0v) is 16.2. The van der Waals surface area contributed by atoms with Crippen molar-refractivity contribution >= 4 is 26.7 Å². The smallest absolute Gasteiger partial charge is 0.261 e. The number of halogens is 1. The van der Waals surface area contributed by atoms with Crippen LogP contribution in [0.3, 0.4) is 0 Å². The van der Waals surface area contributed by atoms with Gasteiger partial charge in [-0.3, -0.25) is 4.72 Å². The number of hydrogen-bond donors (Lipinski definition) is 1. The van der Waals surface area contributed by atoms with Crippen LogP contribution in [-0.4, -0.2) is 42.5 Å². The molecule has 0 bridgehead atoms. The molecule has 0 unspecified atom stereocenters. The van der Waals surface area contributed by atoms with Crippen LogP contribution in [0.25, 0.3) is 11.0 Å². The van der Waals surface area contributed by atoms with Crippen LogP contribution in [0.2, 0.25) is 0 Å². The van der Waals surface area contributed by atoms with Gasteiger partial charge in [-0.25, -0.2) is 17.8 Å². The summed E-state index contributed by atoms with van der Waals surface area (Å²) in [5.41, 5.74) is 2.08. The first-order valence-corrected chi connectivity index (χ1v) is 10.4. The molecule has 144 valence electrons. The lowest BCUT2D eigenvalue weighted by Crippen LogP contribution is -2.26. The van der Waals surface area contributed by atoms with E-state index >= 15 is 0 Å². The van der Waals surface area contributed by atoms with Gasteiger partial charge in [0.1, 0.15) is 5.82 Å². The maximum atomic E-state index is 13.0. The molecular weight excluding hydrogens is 367 g/mol. The maximum absolute atomic E-state index is 13.0. The summed E-state index contributed by atoms with van der Waals surface area (Å²) >= 11 is 0. The first-order valence-electron chi connectivity index (χ1n) is 8.88. The minimum absolute atomic E-state index is 0.00810. The van der Waals surface area contributed by atoms with Gasteiger partial charge in [-0.1, -0.05) is 13.8 Å². The Morgan fingerprint density at radius 2 is 1.81 bits per heavy atom. The summed E-state index contributed by atoms with van der Waals surface area (Å²) in [5.74, 6) is -0.481. The van der Waals surface area contributed by atoms with Crippen LogP contribution in [0.5, 0.6) is 0 Å². The third kappa shape index (κ3) is 4.45. The van der Waals surface area contributed by atoms with Gasteiger partial charge in [0.25, 0.3) is 10.0 Å². The van der Waals surface area contributed by atoms with Crippen LogP contribution >= 0.6 is 0 Å². The molecule has 1 heterocycles. The van der Waals surface area contributed by atoms with Crippen molar-refractivity contribution in [2.75, 3.05) is 24.4 Å². The number of hydrogen-bond acceptors (Lipinski definition) is 4. The van der Waals surface area contributed by atoms with E-state index in [4.69, 9.17) is 0 Å². The van der Waals surface area contributed by atoms with Gasteiger partial charge in [0.15, 0.2) is 0 Å². The molecule has 6 nitrogen and oxygen atoms in total. The van der Waals surface area contributed by atoms with Crippen molar-refractivity contribution < 1.29 is 12.8 Å². The molecule has 2 aromatic carbocycles. The first-order chi connectivity index (χ1) is 12.9.